The molecule has 6 heteroatoms. The molecule has 0 aliphatic rings. The summed E-state index contributed by atoms with van der Waals surface area (Å²) in [5.41, 5.74) is 2.58. The van der Waals surface area contributed by atoms with Gasteiger partial charge in [-0.3, -0.25) is 9.48 Å². The van der Waals surface area contributed by atoms with Crippen LogP contribution in [0.1, 0.15) is 34.3 Å². The topological polar surface area (TPSA) is 46.9 Å². The number of amides is 1. The van der Waals surface area contributed by atoms with Crippen LogP contribution in [0.15, 0.2) is 47.8 Å². The van der Waals surface area contributed by atoms with Gasteiger partial charge in [0, 0.05) is 23.5 Å². The summed E-state index contributed by atoms with van der Waals surface area (Å²) in [7, 11) is 0. The molecule has 2 heterocycles. The van der Waals surface area contributed by atoms with Crippen molar-refractivity contribution in [2.75, 3.05) is 6.54 Å². The van der Waals surface area contributed by atoms with E-state index in [1.807, 2.05) is 36.0 Å². The van der Waals surface area contributed by atoms with Gasteiger partial charge in [-0.25, -0.2) is 4.39 Å². The van der Waals surface area contributed by atoms with Gasteiger partial charge in [0.05, 0.1) is 5.69 Å². The third kappa shape index (κ3) is 4.38. The van der Waals surface area contributed by atoms with Crippen molar-refractivity contribution in [3.8, 4) is 0 Å². The number of benzene rings is 1. The van der Waals surface area contributed by atoms with Crippen molar-refractivity contribution in [2.45, 2.75) is 32.7 Å². The van der Waals surface area contributed by atoms with E-state index in [0.29, 0.717) is 18.5 Å². The number of halogens is 1. The van der Waals surface area contributed by atoms with Crippen molar-refractivity contribution in [3.05, 3.63) is 75.5 Å². The zero-order valence-electron chi connectivity index (χ0n) is 14.9. The minimum absolute atomic E-state index is 0.0406. The van der Waals surface area contributed by atoms with Crippen LogP contribution in [0.4, 0.5) is 4.39 Å². The molecule has 4 nitrogen and oxygen atoms in total. The second-order valence-corrected chi connectivity index (χ2v) is 7.28. The van der Waals surface area contributed by atoms with Gasteiger partial charge in [-0.05, 0) is 49.4 Å². The Kier molecular flexibility index (Phi) is 5.83. The third-order valence-corrected chi connectivity index (χ3v) is 5.26. The maximum absolute atomic E-state index is 13.7. The summed E-state index contributed by atoms with van der Waals surface area (Å²) in [6.07, 6.45) is 0.650. The molecule has 0 spiro atoms. The summed E-state index contributed by atoms with van der Waals surface area (Å²) >= 11 is 1.65. The van der Waals surface area contributed by atoms with Gasteiger partial charge < -0.3 is 5.32 Å². The average molecular weight is 371 g/mol. The number of hydrogen-bond donors (Lipinski definition) is 1. The van der Waals surface area contributed by atoms with Crippen molar-refractivity contribution in [1.82, 2.24) is 15.1 Å². The van der Waals surface area contributed by atoms with Crippen LogP contribution in [0.3, 0.4) is 0 Å². The van der Waals surface area contributed by atoms with E-state index in [0.717, 1.165) is 16.3 Å². The summed E-state index contributed by atoms with van der Waals surface area (Å²) in [6, 6.07) is 12.6. The molecule has 0 aliphatic carbocycles. The van der Waals surface area contributed by atoms with Crippen molar-refractivity contribution in [3.63, 3.8) is 0 Å². The molecule has 0 radical (unpaired) electrons. The highest BCUT2D eigenvalue weighted by atomic mass is 32.1. The molecule has 0 saturated heterocycles. The number of rotatable bonds is 7. The molecule has 1 aromatic carbocycles. The highest BCUT2D eigenvalue weighted by Crippen LogP contribution is 2.24. The van der Waals surface area contributed by atoms with Crippen molar-refractivity contribution in [2.24, 2.45) is 0 Å². The normalized spacial score (nSPS) is 12.1. The van der Waals surface area contributed by atoms with E-state index in [2.05, 4.69) is 16.5 Å². The van der Waals surface area contributed by atoms with E-state index >= 15 is 0 Å². The van der Waals surface area contributed by atoms with Crippen molar-refractivity contribution in [1.29, 1.82) is 0 Å². The highest BCUT2D eigenvalue weighted by Gasteiger charge is 2.19. The molecule has 136 valence electrons. The number of carbonyl (C=O) groups is 1. The monoisotopic (exact) mass is 371 g/mol. The number of hydrogen-bond acceptors (Lipinski definition) is 3. The molecule has 0 aliphatic heterocycles. The summed E-state index contributed by atoms with van der Waals surface area (Å²) in [5, 5.41) is 9.57. The molecular formula is C20H22FN3OS. The zero-order valence-corrected chi connectivity index (χ0v) is 15.7. The first-order valence-corrected chi connectivity index (χ1v) is 9.49. The number of aryl methyl sites for hydroxylation is 3. The van der Waals surface area contributed by atoms with Gasteiger partial charge in [0.25, 0.3) is 0 Å². The predicted molar refractivity (Wildman–Crippen MR) is 102 cm³/mol. The average Bonchev–Trinajstić information content (AvgIpc) is 3.25. The zero-order chi connectivity index (χ0) is 18.5. The lowest BCUT2D eigenvalue weighted by Crippen LogP contribution is -2.32. The smallest absolute Gasteiger partial charge is 0.220 e. The van der Waals surface area contributed by atoms with E-state index in [-0.39, 0.29) is 24.2 Å². The van der Waals surface area contributed by atoms with Crippen LogP contribution >= 0.6 is 11.3 Å². The first-order chi connectivity index (χ1) is 12.5. The molecule has 1 amide bonds. The van der Waals surface area contributed by atoms with Gasteiger partial charge >= 0.3 is 0 Å². The Morgan fingerprint density at radius 3 is 2.73 bits per heavy atom. The first kappa shape index (κ1) is 18.3. The van der Waals surface area contributed by atoms with Crippen LogP contribution in [0.5, 0.6) is 0 Å². The number of nitrogens with one attached hydrogen (secondary N) is 1. The lowest BCUT2D eigenvalue weighted by atomic mass is 10.1. The Balaban J connectivity index is 1.64. The lowest BCUT2D eigenvalue weighted by Gasteiger charge is -2.19. The SMILES string of the molecule is Cc1cc(C)n(C(CNC(=O)CCc2ccccc2F)c2cccs2)n1. The fraction of sp³-hybridized carbons (Fsp3) is 0.300. The molecule has 1 unspecified atom stereocenters. The van der Waals surface area contributed by atoms with Crippen molar-refractivity contribution >= 4 is 17.2 Å². The van der Waals surface area contributed by atoms with E-state index in [9.17, 15) is 9.18 Å². The maximum Gasteiger partial charge on any atom is 0.220 e. The maximum atomic E-state index is 13.7. The van der Waals surface area contributed by atoms with E-state index in [4.69, 9.17) is 0 Å². The number of nitrogens with zero attached hydrogens (tertiary/aromatic N) is 2. The van der Waals surface area contributed by atoms with Gasteiger partial charge in [0.15, 0.2) is 0 Å². The van der Waals surface area contributed by atoms with Crippen LogP contribution in [0, 0.1) is 19.7 Å². The Labute approximate surface area is 156 Å². The molecule has 26 heavy (non-hydrogen) atoms. The second kappa shape index (κ2) is 8.27. The predicted octanol–water partition coefficient (Wildman–Crippen LogP) is 4.04. The summed E-state index contributed by atoms with van der Waals surface area (Å²) in [4.78, 5) is 13.4. The van der Waals surface area contributed by atoms with Crippen LogP contribution in [0.2, 0.25) is 0 Å². The number of carbonyl (C=O) groups excluding carboxylic acids is 1. The molecule has 0 fully saturated rings. The van der Waals surface area contributed by atoms with E-state index in [1.54, 1.807) is 29.5 Å². The molecule has 2 aromatic heterocycles. The molecule has 1 N–H and O–H groups in total. The van der Waals surface area contributed by atoms with Crippen LogP contribution in [-0.2, 0) is 11.2 Å². The van der Waals surface area contributed by atoms with Crippen LogP contribution in [0.25, 0.3) is 0 Å². The quantitative estimate of drug-likeness (QED) is 0.681. The summed E-state index contributed by atoms with van der Waals surface area (Å²) in [6.45, 7) is 4.43. The fourth-order valence-electron chi connectivity index (χ4n) is 3.00. The van der Waals surface area contributed by atoms with Gasteiger partial charge in [-0.1, -0.05) is 24.3 Å². The van der Waals surface area contributed by atoms with Gasteiger partial charge in [0.1, 0.15) is 11.9 Å². The Bertz CT molecular complexity index is 873. The minimum Gasteiger partial charge on any atom is -0.354 e. The Hall–Kier alpha value is -2.47. The molecule has 1 atom stereocenters. The largest absolute Gasteiger partial charge is 0.354 e. The summed E-state index contributed by atoms with van der Waals surface area (Å²) in [5.74, 6) is -0.351. The lowest BCUT2D eigenvalue weighted by molar-refractivity contribution is -0.121. The van der Waals surface area contributed by atoms with Crippen LogP contribution in [-0.4, -0.2) is 22.2 Å². The van der Waals surface area contributed by atoms with Gasteiger partial charge in [0.2, 0.25) is 5.91 Å². The molecular weight excluding hydrogens is 349 g/mol. The fourth-order valence-corrected chi connectivity index (χ4v) is 3.81. The Morgan fingerprint density at radius 1 is 1.27 bits per heavy atom. The molecule has 3 aromatic rings. The first-order valence-electron chi connectivity index (χ1n) is 8.61. The highest BCUT2D eigenvalue weighted by molar-refractivity contribution is 7.10. The molecule has 0 saturated carbocycles. The Morgan fingerprint density at radius 2 is 2.08 bits per heavy atom. The number of thiophene rings is 1. The second-order valence-electron chi connectivity index (χ2n) is 6.30. The van der Waals surface area contributed by atoms with Gasteiger partial charge in [-0.2, -0.15) is 5.10 Å². The molecule has 3 rings (SSSR count). The van der Waals surface area contributed by atoms with Crippen molar-refractivity contribution < 1.29 is 9.18 Å². The standard InChI is InChI=1S/C20H22FN3OS/c1-14-12-15(2)24(23-14)18(19-8-5-11-26-19)13-22-20(25)10-9-16-6-3-4-7-17(16)21/h3-8,11-12,18H,9-10,13H2,1-2H3,(H,22,25). The summed E-state index contributed by atoms with van der Waals surface area (Å²) < 4.78 is 15.6. The number of aromatic nitrogens is 2. The van der Waals surface area contributed by atoms with Gasteiger partial charge in [-0.15, -0.1) is 11.3 Å². The third-order valence-electron chi connectivity index (χ3n) is 4.28. The minimum atomic E-state index is -0.264. The molecule has 0 bridgehead atoms. The van der Waals surface area contributed by atoms with Crippen LogP contribution < -0.4 is 5.32 Å². The van der Waals surface area contributed by atoms with E-state index < -0.39 is 0 Å². The van der Waals surface area contributed by atoms with E-state index in [1.165, 1.54) is 6.07 Å².